The van der Waals surface area contributed by atoms with Gasteiger partial charge in [0.15, 0.2) is 0 Å². The number of thiophene rings is 1. The van der Waals surface area contributed by atoms with Crippen molar-refractivity contribution < 1.29 is 13.7 Å². The lowest BCUT2D eigenvalue weighted by Crippen LogP contribution is -2.23. The molecular weight excluding hydrogens is 326 g/mol. The summed E-state index contributed by atoms with van der Waals surface area (Å²) in [4.78, 5) is 13.6. The zero-order valence-corrected chi connectivity index (χ0v) is 13.3. The molecule has 0 saturated carbocycles. The van der Waals surface area contributed by atoms with Gasteiger partial charge in [-0.15, -0.1) is 11.3 Å². The summed E-state index contributed by atoms with van der Waals surface area (Å²) >= 11 is 1.57. The number of carbonyl (C=O) groups excluding carboxylic acids is 1. The minimum Gasteiger partial charge on any atom is -0.464 e. The van der Waals surface area contributed by atoms with Gasteiger partial charge in [0.1, 0.15) is 23.1 Å². The Morgan fingerprint density at radius 1 is 1.25 bits per heavy atom. The number of rotatable bonds is 4. The molecule has 120 valence electrons. The summed E-state index contributed by atoms with van der Waals surface area (Å²) in [7, 11) is 0. The Labute approximate surface area is 140 Å². The van der Waals surface area contributed by atoms with Crippen molar-refractivity contribution in [3.05, 3.63) is 58.5 Å². The van der Waals surface area contributed by atoms with Crippen molar-refractivity contribution >= 4 is 34.1 Å². The van der Waals surface area contributed by atoms with Crippen LogP contribution in [0, 0.1) is 0 Å². The van der Waals surface area contributed by atoms with E-state index in [1.165, 1.54) is 0 Å². The second kappa shape index (κ2) is 5.86. The second-order valence-corrected chi connectivity index (χ2v) is 6.21. The maximum absolute atomic E-state index is 12.6. The van der Waals surface area contributed by atoms with Gasteiger partial charge < -0.3 is 20.0 Å². The van der Waals surface area contributed by atoms with Crippen LogP contribution in [-0.2, 0) is 6.54 Å². The summed E-state index contributed by atoms with van der Waals surface area (Å²) in [6.45, 7) is 0.423. The van der Waals surface area contributed by atoms with E-state index in [0.29, 0.717) is 23.4 Å². The maximum atomic E-state index is 12.6. The number of furan rings is 1. The highest BCUT2D eigenvalue weighted by molar-refractivity contribution is 7.09. The van der Waals surface area contributed by atoms with Crippen LogP contribution in [-0.4, -0.2) is 11.1 Å². The molecule has 0 fully saturated rings. The second-order valence-electron chi connectivity index (χ2n) is 5.18. The normalized spacial score (nSPS) is 11.0. The lowest BCUT2D eigenvalue weighted by Gasteiger charge is -2.03. The molecule has 0 spiro atoms. The number of hydrogen-bond donors (Lipinski definition) is 2. The predicted octanol–water partition coefficient (Wildman–Crippen LogP) is 3.66. The first-order chi connectivity index (χ1) is 11.7. The highest BCUT2D eigenvalue weighted by atomic mass is 32.1. The topological polar surface area (TPSA) is 94.3 Å². The molecule has 3 N–H and O–H groups in total. The third-order valence-electron chi connectivity index (χ3n) is 3.68. The van der Waals surface area contributed by atoms with Gasteiger partial charge in [0, 0.05) is 10.3 Å². The molecule has 3 aromatic heterocycles. The van der Waals surface area contributed by atoms with Crippen LogP contribution in [0.2, 0.25) is 0 Å². The fraction of sp³-hybridized carbons (Fsp3) is 0.0588. The third kappa shape index (κ3) is 2.44. The molecule has 3 heterocycles. The van der Waals surface area contributed by atoms with Crippen molar-refractivity contribution in [2.24, 2.45) is 0 Å². The molecule has 0 atom stereocenters. The Bertz CT molecular complexity index is 1000. The molecule has 0 saturated heterocycles. The largest absolute Gasteiger partial charge is 0.464 e. The fourth-order valence-corrected chi connectivity index (χ4v) is 3.18. The average molecular weight is 339 g/mol. The number of carbonyl (C=O) groups is 1. The minimum absolute atomic E-state index is 0.0149. The number of hydrogen-bond acceptors (Lipinski definition) is 6. The van der Waals surface area contributed by atoms with Gasteiger partial charge in [-0.1, -0.05) is 29.4 Å². The highest BCUT2D eigenvalue weighted by Crippen LogP contribution is 2.34. The van der Waals surface area contributed by atoms with Crippen LogP contribution in [0.1, 0.15) is 15.2 Å². The Hall–Kier alpha value is -3.06. The Balaban J connectivity index is 1.69. The molecule has 0 unspecified atom stereocenters. The van der Waals surface area contributed by atoms with Crippen LogP contribution in [0.25, 0.3) is 22.2 Å². The molecule has 0 aliphatic heterocycles. The number of benzene rings is 1. The number of amides is 1. The van der Waals surface area contributed by atoms with Gasteiger partial charge in [-0.05, 0) is 17.5 Å². The lowest BCUT2D eigenvalue weighted by atomic mass is 10.1. The van der Waals surface area contributed by atoms with E-state index in [2.05, 4.69) is 10.5 Å². The number of anilines is 1. The summed E-state index contributed by atoms with van der Waals surface area (Å²) < 4.78 is 10.6. The van der Waals surface area contributed by atoms with Crippen LogP contribution in [0.5, 0.6) is 0 Å². The van der Waals surface area contributed by atoms with Crippen molar-refractivity contribution in [2.45, 2.75) is 6.54 Å². The van der Waals surface area contributed by atoms with Crippen LogP contribution in [0.4, 0.5) is 5.88 Å². The minimum atomic E-state index is -0.331. The number of para-hydroxylation sites is 1. The molecule has 0 bridgehead atoms. The van der Waals surface area contributed by atoms with E-state index >= 15 is 0 Å². The average Bonchev–Trinajstić information content (AvgIpc) is 3.32. The van der Waals surface area contributed by atoms with Crippen LogP contribution in [0.15, 0.2) is 57.0 Å². The monoisotopic (exact) mass is 339 g/mol. The molecule has 24 heavy (non-hydrogen) atoms. The molecule has 4 rings (SSSR count). The van der Waals surface area contributed by atoms with E-state index in [-0.39, 0.29) is 17.4 Å². The zero-order chi connectivity index (χ0) is 16.5. The Morgan fingerprint density at radius 2 is 2.12 bits per heavy atom. The fourth-order valence-electron chi connectivity index (χ4n) is 2.54. The summed E-state index contributed by atoms with van der Waals surface area (Å²) in [5.74, 6) is -0.346. The number of nitrogens with two attached hydrogens (primary N) is 1. The summed E-state index contributed by atoms with van der Waals surface area (Å²) in [6.07, 6.45) is 1.55. The molecule has 0 aliphatic carbocycles. The van der Waals surface area contributed by atoms with E-state index in [1.54, 1.807) is 17.6 Å². The highest BCUT2D eigenvalue weighted by Gasteiger charge is 2.24. The quantitative estimate of drug-likeness (QED) is 0.592. The standard InChI is InChI=1S/C17H13N3O3S/c18-16-14(17(21)19-8-10-4-3-7-24-10)15(20-23-16)12-9-22-13-6-2-1-5-11(12)13/h1-7,9H,8,18H2,(H,19,21). The van der Waals surface area contributed by atoms with Gasteiger partial charge in [-0.3, -0.25) is 4.79 Å². The SMILES string of the molecule is Nc1onc(-c2coc3ccccc23)c1C(=O)NCc1cccs1. The Morgan fingerprint density at radius 3 is 2.96 bits per heavy atom. The maximum Gasteiger partial charge on any atom is 0.259 e. The molecule has 1 aromatic carbocycles. The number of nitrogens with zero attached hydrogens (tertiary/aromatic N) is 1. The summed E-state index contributed by atoms with van der Waals surface area (Å²) in [5, 5.41) is 9.60. The molecule has 1 amide bonds. The molecular formula is C17H13N3O3S. The number of nitrogen functional groups attached to an aromatic ring is 1. The van der Waals surface area contributed by atoms with Crippen LogP contribution < -0.4 is 11.1 Å². The molecule has 4 aromatic rings. The molecule has 0 aliphatic rings. The van der Waals surface area contributed by atoms with E-state index in [4.69, 9.17) is 14.7 Å². The molecule has 7 heteroatoms. The van der Waals surface area contributed by atoms with Crippen molar-refractivity contribution in [1.29, 1.82) is 0 Å². The Kier molecular flexibility index (Phi) is 3.55. The number of aromatic nitrogens is 1. The van der Waals surface area contributed by atoms with Crippen molar-refractivity contribution in [2.75, 3.05) is 5.73 Å². The summed E-state index contributed by atoms with van der Waals surface area (Å²) in [5.41, 5.74) is 7.80. The smallest absolute Gasteiger partial charge is 0.259 e. The first kappa shape index (κ1) is 14.5. The van der Waals surface area contributed by atoms with E-state index in [1.807, 2.05) is 41.8 Å². The van der Waals surface area contributed by atoms with E-state index in [0.717, 1.165) is 10.3 Å². The number of fused-ring (bicyclic) bond motifs is 1. The molecule has 0 radical (unpaired) electrons. The summed E-state index contributed by atoms with van der Waals surface area (Å²) in [6, 6.07) is 11.4. The van der Waals surface area contributed by atoms with Gasteiger partial charge in [-0.25, -0.2) is 0 Å². The lowest BCUT2D eigenvalue weighted by molar-refractivity contribution is 0.0952. The van der Waals surface area contributed by atoms with Gasteiger partial charge in [-0.2, -0.15) is 0 Å². The van der Waals surface area contributed by atoms with E-state index in [9.17, 15) is 4.79 Å². The van der Waals surface area contributed by atoms with Crippen molar-refractivity contribution in [1.82, 2.24) is 10.5 Å². The van der Waals surface area contributed by atoms with Gasteiger partial charge in [0.05, 0.1) is 12.1 Å². The zero-order valence-electron chi connectivity index (χ0n) is 12.5. The number of nitrogens with one attached hydrogen (secondary N) is 1. The van der Waals surface area contributed by atoms with Crippen molar-refractivity contribution in [3.63, 3.8) is 0 Å². The predicted molar refractivity (Wildman–Crippen MR) is 91.6 cm³/mol. The first-order valence-electron chi connectivity index (χ1n) is 7.26. The van der Waals surface area contributed by atoms with Gasteiger partial charge in [0.25, 0.3) is 5.91 Å². The molecule has 6 nitrogen and oxygen atoms in total. The van der Waals surface area contributed by atoms with Gasteiger partial charge >= 0.3 is 0 Å². The van der Waals surface area contributed by atoms with Crippen LogP contribution >= 0.6 is 11.3 Å². The van der Waals surface area contributed by atoms with Crippen molar-refractivity contribution in [3.8, 4) is 11.3 Å². The van der Waals surface area contributed by atoms with E-state index < -0.39 is 0 Å². The third-order valence-corrected chi connectivity index (χ3v) is 4.56. The van der Waals surface area contributed by atoms with Gasteiger partial charge in [0.2, 0.25) is 5.88 Å². The van der Waals surface area contributed by atoms with Crippen LogP contribution in [0.3, 0.4) is 0 Å². The first-order valence-corrected chi connectivity index (χ1v) is 8.14.